The first kappa shape index (κ1) is 10.5. The molecule has 0 N–H and O–H groups in total. The predicted molar refractivity (Wildman–Crippen MR) is 53.4 cm³/mol. The lowest BCUT2D eigenvalue weighted by atomic mass is 10.1. The molecule has 13 heavy (non-hydrogen) atoms. The van der Waals surface area contributed by atoms with Gasteiger partial charge in [-0.2, -0.15) is 5.26 Å². The van der Waals surface area contributed by atoms with Crippen LogP contribution in [0, 0.1) is 11.3 Å². The summed E-state index contributed by atoms with van der Waals surface area (Å²) in [6.45, 7) is 10.5. The van der Waals surface area contributed by atoms with Crippen molar-refractivity contribution in [2.75, 3.05) is 26.2 Å². The van der Waals surface area contributed by atoms with Crippen molar-refractivity contribution in [3.05, 3.63) is 0 Å². The number of nitriles is 1. The summed E-state index contributed by atoms with van der Waals surface area (Å²) in [4.78, 5) is 4.72. The van der Waals surface area contributed by atoms with Crippen LogP contribution in [0.3, 0.4) is 0 Å². The molecule has 0 spiro atoms. The van der Waals surface area contributed by atoms with Crippen molar-refractivity contribution in [1.82, 2.24) is 9.80 Å². The van der Waals surface area contributed by atoms with Crippen LogP contribution in [0.15, 0.2) is 0 Å². The SMILES string of the molecule is CC(C)N1CCN(CC#N)C[C@H]1C. The Bertz CT molecular complexity index is 195. The second-order valence-corrected chi connectivity index (χ2v) is 4.07. The van der Waals surface area contributed by atoms with E-state index in [1.807, 2.05) is 0 Å². The molecule has 1 aliphatic heterocycles. The van der Waals surface area contributed by atoms with Crippen LogP contribution >= 0.6 is 0 Å². The lowest BCUT2D eigenvalue weighted by Gasteiger charge is -2.41. The summed E-state index contributed by atoms with van der Waals surface area (Å²) in [5, 5.41) is 8.57. The highest BCUT2D eigenvalue weighted by molar-refractivity contribution is 4.85. The van der Waals surface area contributed by atoms with Crippen molar-refractivity contribution in [1.29, 1.82) is 5.26 Å². The molecule has 74 valence electrons. The van der Waals surface area contributed by atoms with Crippen molar-refractivity contribution in [3.8, 4) is 6.07 Å². The molecule has 0 radical (unpaired) electrons. The standard InChI is InChI=1S/C10H19N3/c1-9(2)13-7-6-12(5-4-11)8-10(13)3/h9-10H,5-8H2,1-3H3/t10-/m1/s1. The van der Waals surface area contributed by atoms with E-state index in [4.69, 9.17) is 5.26 Å². The monoisotopic (exact) mass is 181 g/mol. The molecule has 1 heterocycles. The van der Waals surface area contributed by atoms with Crippen molar-refractivity contribution >= 4 is 0 Å². The summed E-state index contributed by atoms with van der Waals surface area (Å²) in [5.41, 5.74) is 0. The van der Waals surface area contributed by atoms with E-state index in [1.165, 1.54) is 0 Å². The molecule has 0 amide bonds. The molecule has 3 nitrogen and oxygen atoms in total. The Hall–Kier alpha value is -0.590. The van der Waals surface area contributed by atoms with Gasteiger partial charge in [-0.05, 0) is 20.8 Å². The molecule has 1 fully saturated rings. The van der Waals surface area contributed by atoms with E-state index in [9.17, 15) is 0 Å². The minimum Gasteiger partial charge on any atom is -0.296 e. The van der Waals surface area contributed by atoms with Crippen LogP contribution in [0.4, 0.5) is 0 Å². The molecule has 0 aromatic carbocycles. The number of rotatable bonds is 2. The van der Waals surface area contributed by atoms with Gasteiger partial charge in [0.25, 0.3) is 0 Å². The van der Waals surface area contributed by atoms with Crippen LogP contribution in [-0.2, 0) is 0 Å². The Morgan fingerprint density at radius 3 is 2.62 bits per heavy atom. The molecule has 1 rings (SSSR count). The van der Waals surface area contributed by atoms with Crippen molar-refractivity contribution in [2.24, 2.45) is 0 Å². The predicted octanol–water partition coefficient (Wildman–Crippen LogP) is 0.924. The van der Waals surface area contributed by atoms with Crippen LogP contribution in [0.25, 0.3) is 0 Å². The number of hydrogen-bond acceptors (Lipinski definition) is 3. The van der Waals surface area contributed by atoms with Crippen LogP contribution in [0.2, 0.25) is 0 Å². The Balaban J connectivity index is 2.43. The highest BCUT2D eigenvalue weighted by Gasteiger charge is 2.24. The second-order valence-electron chi connectivity index (χ2n) is 4.07. The molecule has 1 atom stereocenters. The summed E-state index contributed by atoms with van der Waals surface area (Å²) in [5.74, 6) is 0. The van der Waals surface area contributed by atoms with Crippen molar-refractivity contribution < 1.29 is 0 Å². The van der Waals surface area contributed by atoms with Crippen LogP contribution in [0.1, 0.15) is 20.8 Å². The minimum atomic E-state index is 0.580. The average Bonchev–Trinajstić information content (AvgIpc) is 2.04. The van der Waals surface area contributed by atoms with E-state index in [0.717, 1.165) is 19.6 Å². The molecular weight excluding hydrogens is 162 g/mol. The quantitative estimate of drug-likeness (QED) is 0.594. The van der Waals surface area contributed by atoms with Gasteiger partial charge in [-0.15, -0.1) is 0 Å². The molecule has 0 aromatic heterocycles. The molecule has 0 bridgehead atoms. The van der Waals surface area contributed by atoms with Gasteiger partial charge < -0.3 is 0 Å². The van der Waals surface area contributed by atoms with Gasteiger partial charge in [0.2, 0.25) is 0 Å². The first-order chi connectivity index (χ1) is 6.15. The first-order valence-corrected chi connectivity index (χ1v) is 5.00. The Morgan fingerprint density at radius 2 is 2.15 bits per heavy atom. The fourth-order valence-corrected chi connectivity index (χ4v) is 2.06. The Kier molecular flexibility index (Phi) is 3.71. The lowest BCUT2D eigenvalue weighted by Crippen LogP contribution is -2.54. The number of nitrogens with zero attached hydrogens (tertiary/aromatic N) is 3. The van der Waals surface area contributed by atoms with E-state index in [2.05, 4.69) is 36.6 Å². The molecule has 0 unspecified atom stereocenters. The second kappa shape index (κ2) is 4.59. The molecule has 0 saturated carbocycles. The summed E-state index contributed by atoms with van der Waals surface area (Å²) >= 11 is 0. The topological polar surface area (TPSA) is 30.3 Å². The fourth-order valence-electron chi connectivity index (χ4n) is 2.06. The zero-order chi connectivity index (χ0) is 9.84. The van der Waals surface area contributed by atoms with Gasteiger partial charge in [-0.3, -0.25) is 9.80 Å². The maximum atomic E-state index is 8.57. The van der Waals surface area contributed by atoms with E-state index in [1.54, 1.807) is 0 Å². The Labute approximate surface area is 80.9 Å². The largest absolute Gasteiger partial charge is 0.296 e. The van der Waals surface area contributed by atoms with Gasteiger partial charge in [-0.25, -0.2) is 0 Å². The third kappa shape index (κ3) is 2.68. The maximum Gasteiger partial charge on any atom is 0.0866 e. The van der Waals surface area contributed by atoms with Crippen LogP contribution in [0.5, 0.6) is 0 Å². The summed E-state index contributed by atoms with van der Waals surface area (Å²) in [7, 11) is 0. The van der Waals surface area contributed by atoms with E-state index in [-0.39, 0.29) is 0 Å². The van der Waals surface area contributed by atoms with E-state index in [0.29, 0.717) is 18.6 Å². The molecule has 1 aliphatic rings. The zero-order valence-corrected chi connectivity index (χ0v) is 8.82. The molecule has 1 saturated heterocycles. The third-order valence-corrected chi connectivity index (χ3v) is 2.72. The molecule has 0 aromatic rings. The normalized spacial score (nSPS) is 26.2. The number of piperazine rings is 1. The maximum absolute atomic E-state index is 8.57. The lowest BCUT2D eigenvalue weighted by molar-refractivity contribution is 0.0674. The molecular formula is C10H19N3. The minimum absolute atomic E-state index is 0.580. The molecule has 0 aliphatic carbocycles. The van der Waals surface area contributed by atoms with Crippen molar-refractivity contribution in [2.45, 2.75) is 32.9 Å². The van der Waals surface area contributed by atoms with Crippen molar-refractivity contribution in [3.63, 3.8) is 0 Å². The Morgan fingerprint density at radius 1 is 1.46 bits per heavy atom. The summed E-state index contributed by atoms with van der Waals surface area (Å²) in [6, 6.07) is 3.42. The summed E-state index contributed by atoms with van der Waals surface area (Å²) in [6.07, 6.45) is 0. The average molecular weight is 181 g/mol. The van der Waals surface area contributed by atoms with Gasteiger partial charge in [-0.1, -0.05) is 0 Å². The van der Waals surface area contributed by atoms with Gasteiger partial charge in [0, 0.05) is 31.7 Å². The summed E-state index contributed by atoms with van der Waals surface area (Å²) < 4.78 is 0. The third-order valence-electron chi connectivity index (χ3n) is 2.72. The van der Waals surface area contributed by atoms with Crippen LogP contribution in [-0.4, -0.2) is 48.1 Å². The van der Waals surface area contributed by atoms with Gasteiger partial charge in [0.15, 0.2) is 0 Å². The van der Waals surface area contributed by atoms with Gasteiger partial charge >= 0.3 is 0 Å². The first-order valence-electron chi connectivity index (χ1n) is 5.00. The highest BCUT2D eigenvalue weighted by Crippen LogP contribution is 2.11. The van der Waals surface area contributed by atoms with E-state index >= 15 is 0 Å². The zero-order valence-electron chi connectivity index (χ0n) is 8.82. The fraction of sp³-hybridized carbons (Fsp3) is 0.900. The van der Waals surface area contributed by atoms with Gasteiger partial charge in [0.1, 0.15) is 0 Å². The molecule has 3 heteroatoms. The van der Waals surface area contributed by atoms with E-state index < -0.39 is 0 Å². The van der Waals surface area contributed by atoms with Crippen LogP contribution < -0.4 is 0 Å². The van der Waals surface area contributed by atoms with Gasteiger partial charge in [0.05, 0.1) is 12.6 Å². The number of hydrogen-bond donors (Lipinski definition) is 0. The highest BCUT2D eigenvalue weighted by atomic mass is 15.3. The smallest absolute Gasteiger partial charge is 0.0866 e.